The highest BCUT2D eigenvalue weighted by Gasteiger charge is 2.05. The Bertz CT molecular complexity index is 824. The van der Waals surface area contributed by atoms with E-state index < -0.39 is 0 Å². The first kappa shape index (κ1) is 15.0. The predicted octanol–water partition coefficient (Wildman–Crippen LogP) is 3.90. The van der Waals surface area contributed by atoms with Crippen LogP contribution in [0, 0.1) is 6.92 Å². The molecule has 4 heteroatoms. The first-order chi connectivity index (χ1) is 11.2. The van der Waals surface area contributed by atoms with Gasteiger partial charge in [-0.1, -0.05) is 0 Å². The molecule has 0 unspecified atom stereocenters. The van der Waals surface area contributed by atoms with Crippen molar-refractivity contribution < 1.29 is 4.79 Å². The largest absolute Gasteiger partial charge is 0.324 e. The number of carbonyl (C=O) groups excluding carboxylic acids is 1. The summed E-state index contributed by atoms with van der Waals surface area (Å²) in [6, 6.07) is 11.5. The number of carbonyl (C=O) groups is 1. The zero-order valence-electron chi connectivity index (χ0n) is 13.3. The van der Waals surface area contributed by atoms with Crippen LogP contribution in [0.2, 0.25) is 0 Å². The number of benzene rings is 1. The molecule has 0 N–H and O–H groups in total. The van der Waals surface area contributed by atoms with Crippen molar-refractivity contribution in [3.63, 3.8) is 0 Å². The van der Waals surface area contributed by atoms with Crippen molar-refractivity contribution in [2.75, 3.05) is 0 Å². The van der Waals surface area contributed by atoms with E-state index in [9.17, 15) is 4.79 Å². The molecular formula is C19H19N3O. The summed E-state index contributed by atoms with van der Waals surface area (Å²) in [4.78, 5) is 12.3. The van der Waals surface area contributed by atoms with E-state index in [-0.39, 0.29) is 5.78 Å². The lowest BCUT2D eigenvalue weighted by atomic mass is 10.1. The lowest BCUT2D eigenvalue weighted by molar-refractivity contribution is 0.104. The first-order valence-electron chi connectivity index (χ1n) is 7.67. The van der Waals surface area contributed by atoms with E-state index in [1.807, 2.05) is 78.0 Å². The summed E-state index contributed by atoms with van der Waals surface area (Å²) < 4.78 is 3.92. The number of aromatic nitrogens is 3. The SMILES string of the molecule is CCn1ncc(/C=C/C(=O)c2ccc(-n3cccc3)cc2)c1C. The van der Waals surface area contributed by atoms with Gasteiger partial charge in [0.2, 0.25) is 0 Å². The quantitative estimate of drug-likeness (QED) is 0.530. The molecule has 0 aliphatic carbocycles. The Hall–Kier alpha value is -2.88. The molecule has 0 bridgehead atoms. The van der Waals surface area contributed by atoms with Crippen LogP contribution in [0.3, 0.4) is 0 Å². The minimum absolute atomic E-state index is 0.00676. The maximum absolute atomic E-state index is 12.3. The third-order valence-electron chi connectivity index (χ3n) is 3.91. The van der Waals surface area contributed by atoms with Crippen LogP contribution >= 0.6 is 0 Å². The normalized spacial score (nSPS) is 11.2. The molecule has 0 saturated heterocycles. The van der Waals surface area contributed by atoms with Crippen LogP contribution in [0.25, 0.3) is 11.8 Å². The van der Waals surface area contributed by atoms with Gasteiger partial charge in [0.15, 0.2) is 5.78 Å². The summed E-state index contributed by atoms with van der Waals surface area (Å²) in [6.45, 7) is 4.88. The van der Waals surface area contributed by atoms with E-state index in [1.165, 1.54) is 0 Å². The third kappa shape index (κ3) is 3.16. The van der Waals surface area contributed by atoms with Crippen molar-refractivity contribution in [3.8, 4) is 5.69 Å². The fourth-order valence-electron chi connectivity index (χ4n) is 2.51. The highest BCUT2D eigenvalue weighted by Crippen LogP contribution is 2.13. The fourth-order valence-corrected chi connectivity index (χ4v) is 2.51. The zero-order valence-corrected chi connectivity index (χ0v) is 13.3. The van der Waals surface area contributed by atoms with Gasteiger partial charge < -0.3 is 4.57 Å². The molecule has 3 rings (SSSR count). The molecule has 2 heterocycles. The van der Waals surface area contributed by atoms with E-state index in [2.05, 4.69) is 5.10 Å². The third-order valence-corrected chi connectivity index (χ3v) is 3.91. The van der Waals surface area contributed by atoms with E-state index in [0.717, 1.165) is 23.5 Å². The van der Waals surface area contributed by atoms with Crippen molar-refractivity contribution in [2.24, 2.45) is 0 Å². The molecule has 0 amide bonds. The number of hydrogen-bond donors (Lipinski definition) is 0. The summed E-state index contributed by atoms with van der Waals surface area (Å²) in [7, 11) is 0. The molecule has 2 aromatic heterocycles. The number of nitrogens with zero attached hydrogens (tertiary/aromatic N) is 3. The summed E-state index contributed by atoms with van der Waals surface area (Å²) >= 11 is 0. The van der Waals surface area contributed by atoms with Gasteiger partial charge in [-0.3, -0.25) is 9.48 Å². The summed E-state index contributed by atoms with van der Waals surface area (Å²) in [5, 5.41) is 4.28. The Balaban J connectivity index is 1.75. The molecule has 1 aromatic carbocycles. The maximum atomic E-state index is 12.3. The number of aryl methyl sites for hydroxylation is 1. The molecule has 116 valence electrons. The van der Waals surface area contributed by atoms with Crippen molar-refractivity contribution >= 4 is 11.9 Å². The average Bonchev–Trinajstić information content (AvgIpc) is 3.23. The summed E-state index contributed by atoms with van der Waals surface area (Å²) in [5.74, 6) is -0.00676. The number of ketones is 1. The van der Waals surface area contributed by atoms with Gasteiger partial charge in [-0.25, -0.2) is 0 Å². The second kappa shape index (κ2) is 6.48. The second-order valence-corrected chi connectivity index (χ2v) is 5.34. The Kier molecular flexibility index (Phi) is 4.24. The Morgan fingerprint density at radius 1 is 1.17 bits per heavy atom. The van der Waals surface area contributed by atoms with E-state index >= 15 is 0 Å². The number of hydrogen-bond acceptors (Lipinski definition) is 2. The highest BCUT2D eigenvalue weighted by molar-refractivity contribution is 6.06. The first-order valence-corrected chi connectivity index (χ1v) is 7.67. The minimum Gasteiger partial charge on any atom is -0.324 e. The van der Waals surface area contributed by atoms with Gasteiger partial charge >= 0.3 is 0 Å². The van der Waals surface area contributed by atoms with Gasteiger partial charge in [-0.05, 0) is 62.4 Å². The number of rotatable bonds is 5. The van der Waals surface area contributed by atoms with Crippen LogP contribution < -0.4 is 0 Å². The van der Waals surface area contributed by atoms with Gasteiger partial charge in [0, 0.05) is 41.4 Å². The Morgan fingerprint density at radius 2 is 1.87 bits per heavy atom. The van der Waals surface area contributed by atoms with Crippen LogP contribution in [-0.2, 0) is 6.54 Å². The maximum Gasteiger partial charge on any atom is 0.185 e. The second-order valence-electron chi connectivity index (χ2n) is 5.34. The fraction of sp³-hybridized carbons (Fsp3) is 0.158. The van der Waals surface area contributed by atoms with Crippen LogP contribution in [0.4, 0.5) is 0 Å². The number of allylic oxidation sites excluding steroid dienone is 1. The molecule has 23 heavy (non-hydrogen) atoms. The molecule has 0 aliphatic rings. The van der Waals surface area contributed by atoms with Crippen LogP contribution in [-0.4, -0.2) is 20.1 Å². The van der Waals surface area contributed by atoms with E-state index in [4.69, 9.17) is 0 Å². The molecule has 0 radical (unpaired) electrons. The van der Waals surface area contributed by atoms with Gasteiger partial charge in [0.05, 0.1) is 6.20 Å². The lowest BCUT2D eigenvalue weighted by Crippen LogP contribution is -1.98. The zero-order chi connectivity index (χ0) is 16.2. The van der Waals surface area contributed by atoms with Crippen molar-refractivity contribution in [1.82, 2.24) is 14.3 Å². The molecule has 0 spiro atoms. The molecule has 0 atom stereocenters. The van der Waals surface area contributed by atoms with Crippen molar-refractivity contribution in [2.45, 2.75) is 20.4 Å². The van der Waals surface area contributed by atoms with Gasteiger partial charge in [0.1, 0.15) is 0 Å². The van der Waals surface area contributed by atoms with Crippen LogP contribution in [0.15, 0.2) is 61.1 Å². The average molecular weight is 305 g/mol. The topological polar surface area (TPSA) is 39.8 Å². The molecule has 0 fully saturated rings. The highest BCUT2D eigenvalue weighted by atomic mass is 16.1. The summed E-state index contributed by atoms with van der Waals surface area (Å²) in [6.07, 6.45) is 9.18. The monoisotopic (exact) mass is 305 g/mol. The van der Waals surface area contributed by atoms with E-state index in [1.54, 1.807) is 12.3 Å². The minimum atomic E-state index is -0.00676. The van der Waals surface area contributed by atoms with Gasteiger partial charge in [-0.15, -0.1) is 0 Å². The van der Waals surface area contributed by atoms with Crippen LogP contribution in [0.1, 0.15) is 28.5 Å². The lowest BCUT2D eigenvalue weighted by Gasteiger charge is -2.03. The van der Waals surface area contributed by atoms with Crippen molar-refractivity contribution in [1.29, 1.82) is 0 Å². The molecule has 4 nitrogen and oxygen atoms in total. The van der Waals surface area contributed by atoms with E-state index in [0.29, 0.717) is 5.56 Å². The molecular weight excluding hydrogens is 286 g/mol. The summed E-state index contributed by atoms with van der Waals surface area (Å²) in [5.41, 5.74) is 3.76. The van der Waals surface area contributed by atoms with Crippen molar-refractivity contribution in [3.05, 3.63) is 77.9 Å². The molecule has 0 saturated carbocycles. The Labute approximate surface area is 135 Å². The smallest absolute Gasteiger partial charge is 0.185 e. The standard InChI is InChI=1S/C19H19N3O/c1-3-22-15(2)17(14-20-22)8-11-19(23)16-6-9-18(10-7-16)21-12-4-5-13-21/h4-14H,3H2,1-2H3/b11-8+. The van der Waals surface area contributed by atoms with Crippen LogP contribution in [0.5, 0.6) is 0 Å². The molecule has 0 aliphatic heterocycles. The van der Waals surface area contributed by atoms with Gasteiger partial charge in [0.25, 0.3) is 0 Å². The van der Waals surface area contributed by atoms with Gasteiger partial charge in [-0.2, -0.15) is 5.10 Å². The predicted molar refractivity (Wildman–Crippen MR) is 91.8 cm³/mol. The Morgan fingerprint density at radius 3 is 2.48 bits per heavy atom. The molecule has 3 aromatic rings.